The van der Waals surface area contributed by atoms with Crippen LogP contribution in [0.5, 0.6) is 0 Å². The van der Waals surface area contributed by atoms with E-state index < -0.39 is 12.0 Å². The Balaban J connectivity index is 3.89. The van der Waals surface area contributed by atoms with Gasteiger partial charge in [0.15, 0.2) is 0 Å². The Hall–Kier alpha value is -0.610. The van der Waals surface area contributed by atoms with Crippen LogP contribution in [0.3, 0.4) is 0 Å². The third-order valence-electron chi connectivity index (χ3n) is 2.82. The van der Waals surface area contributed by atoms with Crippen LogP contribution in [-0.4, -0.2) is 41.1 Å². The number of rotatable bonds is 9. The molecule has 0 saturated carbocycles. The molecule has 0 radical (unpaired) electrons. The molecule has 0 rings (SSSR count). The van der Waals surface area contributed by atoms with Crippen molar-refractivity contribution in [1.29, 1.82) is 0 Å². The highest BCUT2D eigenvalue weighted by Gasteiger charge is 2.15. The number of carboxylic acid groups (broad SMARTS) is 1. The van der Waals surface area contributed by atoms with Crippen molar-refractivity contribution in [2.24, 2.45) is 5.73 Å². The van der Waals surface area contributed by atoms with Crippen LogP contribution in [0.2, 0.25) is 0 Å². The number of unbranched alkanes of at least 4 members (excludes halogenated alkanes) is 2. The van der Waals surface area contributed by atoms with Gasteiger partial charge in [-0.2, -0.15) is 0 Å². The molecular formula is C12H26N2O2. The summed E-state index contributed by atoms with van der Waals surface area (Å²) in [5.74, 6) is -0.905. The van der Waals surface area contributed by atoms with E-state index >= 15 is 0 Å². The number of aliphatic carboxylic acids is 1. The van der Waals surface area contributed by atoms with Gasteiger partial charge in [0, 0.05) is 12.6 Å². The molecule has 96 valence electrons. The van der Waals surface area contributed by atoms with E-state index in [1.54, 1.807) is 0 Å². The van der Waals surface area contributed by atoms with E-state index in [1.807, 2.05) is 0 Å². The Morgan fingerprint density at radius 3 is 2.38 bits per heavy atom. The molecular weight excluding hydrogens is 204 g/mol. The first kappa shape index (κ1) is 15.4. The highest BCUT2D eigenvalue weighted by molar-refractivity contribution is 5.72. The van der Waals surface area contributed by atoms with E-state index in [0.717, 1.165) is 13.1 Å². The average molecular weight is 230 g/mol. The summed E-state index contributed by atoms with van der Waals surface area (Å²) in [5, 5.41) is 8.70. The first-order valence-corrected chi connectivity index (χ1v) is 6.21. The van der Waals surface area contributed by atoms with Crippen LogP contribution in [-0.2, 0) is 4.79 Å². The third-order valence-corrected chi connectivity index (χ3v) is 2.82. The molecule has 1 unspecified atom stereocenters. The van der Waals surface area contributed by atoms with Gasteiger partial charge in [-0.1, -0.05) is 19.8 Å². The van der Waals surface area contributed by atoms with Gasteiger partial charge in [0.05, 0.1) is 0 Å². The quantitative estimate of drug-likeness (QED) is 0.592. The van der Waals surface area contributed by atoms with Crippen molar-refractivity contribution in [3.8, 4) is 0 Å². The molecule has 0 bridgehead atoms. The minimum absolute atomic E-state index is 0.456. The Kier molecular flexibility index (Phi) is 8.21. The Morgan fingerprint density at radius 1 is 1.31 bits per heavy atom. The maximum atomic E-state index is 10.6. The molecule has 0 aliphatic carbocycles. The highest BCUT2D eigenvalue weighted by atomic mass is 16.4. The number of hydrogen-bond acceptors (Lipinski definition) is 3. The molecule has 1 atom stereocenters. The van der Waals surface area contributed by atoms with Crippen molar-refractivity contribution < 1.29 is 9.90 Å². The smallest absolute Gasteiger partial charge is 0.320 e. The van der Waals surface area contributed by atoms with Gasteiger partial charge in [0.1, 0.15) is 6.04 Å². The molecule has 0 amide bonds. The Morgan fingerprint density at radius 2 is 1.94 bits per heavy atom. The van der Waals surface area contributed by atoms with Gasteiger partial charge in [-0.3, -0.25) is 4.79 Å². The second-order valence-electron chi connectivity index (χ2n) is 4.57. The van der Waals surface area contributed by atoms with Crippen LogP contribution >= 0.6 is 0 Å². The van der Waals surface area contributed by atoms with Crippen molar-refractivity contribution in [2.75, 3.05) is 13.1 Å². The lowest BCUT2D eigenvalue weighted by molar-refractivity contribution is -0.138. The minimum Gasteiger partial charge on any atom is -0.480 e. The van der Waals surface area contributed by atoms with Crippen LogP contribution in [0.1, 0.15) is 46.5 Å². The van der Waals surface area contributed by atoms with E-state index in [9.17, 15) is 4.79 Å². The molecule has 0 aromatic rings. The second-order valence-corrected chi connectivity index (χ2v) is 4.57. The van der Waals surface area contributed by atoms with Crippen LogP contribution in [0.4, 0.5) is 0 Å². The van der Waals surface area contributed by atoms with Gasteiger partial charge >= 0.3 is 5.97 Å². The molecule has 4 nitrogen and oxygen atoms in total. The minimum atomic E-state index is -0.905. The van der Waals surface area contributed by atoms with Gasteiger partial charge in [0.2, 0.25) is 0 Å². The van der Waals surface area contributed by atoms with E-state index in [1.165, 1.54) is 19.3 Å². The summed E-state index contributed by atoms with van der Waals surface area (Å²) in [7, 11) is 0. The van der Waals surface area contributed by atoms with Crippen LogP contribution in [0.15, 0.2) is 0 Å². The van der Waals surface area contributed by atoms with Crippen LogP contribution < -0.4 is 5.73 Å². The maximum absolute atomic E-state index is 10.6. The fourth-order valence-electron chi connectivity index (χ4n) is 1.62. The maximum Gasteiger partial charge on any atom is 0.320 e. The van der Waals surface area contributed by atoms with Gasteiger partial charge in [-0.15, -0.1) is 0 Å². The van der Waals surface area contributed by atoms with Crippen molar-refractivity contribution >= 4 is 5.97 Å². The van der Waals surface area contributed by atoms with Crippen LogP contribution in [0, 0.1) is 0 Å². The third kappa shape index (κ3) is 6.80. The summed E-state index contributed by atoms with van der Waals surface area (Å²) in [6, 6.07) is -0.273. The molecule has 0 aliphatic rings. The summed E-state index contributed by atoms with van der Waals surface area (Å²) in [5.41, 5.74) is 5.49. The van der Waals surface area contributed by atoms with Crippen molar-refractivity contribution in [2.45, 2.75) is 58.5 Å². The molecule has 0 aromatic carbocycles. The number of nitrogens with zero attached hydrogens (tertiary/aromatic N) is 1. The van der Waals surface area contributed by atoms with Gasteiger partial charge < -0.3 is 15.7 Å². The molecule has 3 N–H and O–H groups in total. The highest BCUT2D eigenvalue weighted by Crippen LogP contribution is 2.05. The zero-order valence-corrected chi connectivity index (χ0v) is 10.8. The molecule has 0 spiro atoms. The molecule has 4 heteroatoms. The molecule has 0 saturated heterocycles. The van der Waals surface area contributed by atoms with Crippen LogP contribution in [0.25, 0.3) is 0 Å². The zero-order chi connectivity index (χ0) is 12.6. The number of carboxylic acids is 1. The molecule has 0 fully saturated rings. The fraction of sp³-hybridized carbons (Fsp3) is 0.917. The largest absolute Gasteiger partial charge is 0.480 e. The monoisotopic (exact) mass is 230 g/mol. The summed E-state index contributed by atoms with van der Waals surface area (Å²) >= 11 is 0. The van der Waals surface area contributed by atoms with E-state index in [2.05, 4.69) is 25.7 Å². The summed E-state index contributed by atoms with van der Waals surface area (Å²) in [6.07, 6.45) is 4.14. The van der Waals surface area contributed by atoms with E-state index in [4.69, 9.17) is 10.8 Å². The molecule has 16 heavy (non-hydrogen) atoms. The number of hydrogen-bond donors (Lipinski definition) is 2. The van der Waals surface area contributed by atoms with E-state index in [-0.39, 0.29) is 0 Å². The van der Waals surface area contributed by atoms with Crippen molar-refractivity contribution in [3.05, 3.63) is 0 Å². The SMILES string of the molecule is CCCCCN(CCC(N)C(=O)O)C(C)C. The van der Waals surface area contributed by atoms with Gasteiger partial charge in [-0.05, 0) is 33.2 Å². The summed E-state index contributed by atoms with van der Waals surface area (Å²) < 4.78 is 0. The molecule has 0 aliphatic heterocycles. The van der Waals surface area contributed by atoms with E-state index in [0.29, 0.717) is 12.5 Å². The van der Waals surface area contributed by atoms with Crippen molar-refractivity contribution in [1.82, 2.24) is 4.90 Å². The topological polar surface area (TPSA) is 66.6 Å². The zero-order valence-electron chi connectivity index (χ0n) is 10.8. The lowest BCUT2D eigenvalue weighted by atomic mass is 10.1. The Bertz CT molecular complexity index is 195. The van der Waals surface area contributed by atoms with Gasteiger partial charge in [0.25, 0.3) is 0 Å². The fourth-order valence-corrected chi connectivity index (χ4v) is 1.62. The average Bonchev–Trinajstić information content (AvgIpc) is 2.21. The summed E-state index contributed by atoms with van der Waals surface area (Å²) in [6.45, 7) is 8.27. The Labute approximate surface area is 98.8 Å². The standard InChI is InChI=1S/C12H26N2O2/c1-4-5-6-8-14(10(2)3)9-7-11(13)12(15)16/h10-11H,4-9,13H2,1-3H3,(H,15,16). The molecule has 0 aromatic heterocycles. The number of carbonyl (C=O) groups is 1. The predicted molar refractivity (Wildman–Crippen MR) is 66.5 cm³/mol. The molecule has 0 heterocycles. The first-order valence-electron chi connectivity index (χ1n) is 6.21. The summed E-state index contributed by atoms with van der Waals surface area (Å²) in [4.78, 5) is 12.9. The first-order chi connectivity index (χ1) is 7.49. The van der Waals surface area contributed by atoms with Crippen molar-refractivity contribution in [3.63, 3.8) is 0 Å². The van der Waals surface area contributed by atoms with Gasteiger partial charge in [-0.25, -0.2) is 0 Å². The lowest BCUT2D eigenvalue weighted by Gasteiger charge is -2.27. The second kappa shape index (κ2) is 8.53. The predicted octanol–water partition coefficient (Wildman–Crippen LogP) is 1.69. The lowest BCUT2D eigenvalue weighted by Crippen LogP contribution is -2.38. The number of nitrogens with two attached hydrogens (primary N) is 1. The normalized spacial score (nSPS) is 13.4.